The molecule has 0 bridgehead atoms. The van der Waals surface area contributed by atoms with Crippen molar-refractivity contribution in [2.24, 2.45) is 4.99 Å². The zero-order valence-corrected chi connectivity index (χ0v) is 15.5. The van der Waals surface area contributed by atoms with Crippen LogP contribution in [0.4, 0.5) is 11.4 Å². The number of benzene rings is 3. The van der Waals surface area contributed by atoms with Gasteiger partial charge in [-0.1, -0.05) is 66.7 Å². The number of rotatable bonds is 2. The van der Waals surface area contributed by atoms with Gasteiger partial charge in [-0.15, -0.1) is 0 Å². The molecule has 28 heavy (non-hydrogen) atoms. The van der Waals surface area contributed by atoms with Crippen LogP contribution in [0.1, 0.15) is 16.7 Å². The minimum atomic E-state index is -0.428. The Labute approximate surface area is 164 Å². The number of carbonyl (C=O) groups excluding carboxylic acids is 1. The first-order valence-corrected chi connectivity index (χ1v) is 9.64. The number of fused-ring (bicyclic) bond motifs is 2. The SMILES string of the molecule is O=C1Nc2ccccc2N=C(c2ccccc2)[C@H]1N1CCc2ccccc2C1. The molecule has 0 spiro atoms. The topological polar surface area (TPSA) is 44.7 Å². The van der Waals surface area contributed by atoms with Gasteiger partial charge in [0.15, 0.2) is 0 Å². The molecule has 1 N–H and O–H groups in total. The summed E-state index contributed by atoms with van der Waals surface area (Å²) in [6.45, 7) is 1.58. The van der Waals surface area contributed by atoms with Crippen molar-refractivity contribution in [1.29, 1.82) is 0 Å². The highest BCUT2D eigenvalue weighted by Crippen LogP contribution is 2.31. The standard InChI is InChI=1S/C24H21N3O/c28-24-23(27-15-14-17-8-4-5-11-19(17)16-27)22(18-9-2-1-3-10-18)25-20-12-6-7-13-21(20)26-24/h1-13,23H,14-16H2,(H,26,28)/t23-/m1/s1. The summed E-state index contributed by atoms with van der Waals surface area (Å²) in [6, 6.07) is 25.8. The number of hydrogen-bond donors (Lipinski definition) is 1. The van der Waals surface area contributed by atoms with Crippen LogP contribution < -0.4 is 5.32 Å². The highest BCUT2D eigenvalue weighted by molar-refractivity contribution is 6.22. The van der Waals surface area contributed by atoms with Crippen molar-refractivity contribution in [2.75, 3.05) is 11.9 Å². The lowest BCUT2D eigenvalue weighted by Gasteiger charge is -2.34. The van der Waals surface area contributed by atoms with E-state index < -0.39 is 6.04 Å². The van der Waals surface area contributed by atoms with Crippen LogP contribution in [0.3, 0.4) is 0 Å². The zero-order chi connectivity index (χ0) is 18.9. The van der Waals surface area contributed by atoms with Crippen LogP contribution in [0.25, 0.3) is 0 Å². The Morgan fingerprint density at radius 3 is 2.43 bits per heavy atom. The monoisotopic (exact) mass is 367 g/mol. The van der Waals surface area contributed by atoms with Crippen LogP contribution in [0.5, 0.6) is 0 Å². The molecule has 4 nitrogen and oxygen atoms in total. The number of nitrogens with one attached hydrogen (secondary N) is 1. The number of para-hydroxylation sites is 2. The van der Waals surface area contributed by atoms with Gasteiger partial charge in [0.1, 0.15) is 6.04 Å². The molecular weight excluding hydrogens is 346 g/mol. The molecule has 1 amide bonds. The minimum Gasteiger partial charge on any atom is -0.322 e. The molecule has 0 saturated heterocycles. The Morgan fingerprint density at radius 2 is 1.57 bits per heavy atom. The number of carbonyl (C=O) groups is 1. The Kier molecular flexibility index (Phi) is 4.26. The van der Waals surface area contributed by atoms with E-state index in [0.29, 0.717) is 0 Å². The number of nitrogens with zero attached hydrogens (tertiary/aromatic N) is 2. The molecule has 0 aromatic heterocycles. The lowest BCUT2D eigenvalue weighted by molar-refractivity contribution is -0.119. The maximum atomic E-state index is 13.3. The Morgan fingerprint density at radius 1 is 0.857 bits per heavy atom. The second kappa shape index (κ2) is 7.06. The van der Waals surface area contributed by atoms with E-state index in [0.717, 1.165) is 42.2 Å². The molecule has 5 rings (SSSR count). The molecule has 1 atom stereocenters. The highest BCUT2D eigenvalue weighted by Gasteiger charge is 2.35. The van der Waals surface area contributed by atoms with Crippen molar-refractivity contribution in [2.45, 2.75) is 19.0 Å². The molecule has 0 radical (unpaired) electrons. The average Bonchev–Trinajstić information content (AvgIpc) is 2.89. The van der Waals surface area contributed by atoms with E-state index in [2.05, 4.69) is 34.5 Å². The molecule has 0 saturated carbocycles. The van der Waals surface area contributed by atoms with Gasteiger partial charge in [0.25, 0.3) is 0 Å². The molecular formula is C24H21N3O. The zero-order valence-electron chi connectivity index (χ0n) is 15.5. The van der Waals surface area contributed by atoms with Gasteiger partial charge in [-0.2, -0.15) is 0 Å². The predicted molar refractivity (Wildman–Crippen MR) is 112 cm³/mol. The second-order valence-corrected chi connectivity index (χ2v) is 7.26. The number of aliphatic imine (C=N–C) groups is 1. The fourth-order valence-electron chi connectivity index (χ4n) is 4.10. The van der Waals surface area contributed by atoms with Crippen molar-refractivity contribution in [3.63, 3.8) is 0 Å². The summed E-state index contributed by atoms with van der Waals surface area (Å²) < 4.78 is 0. The van der Waals surface area contributed by atoms with Gasteiger partial charge in [-0.25, -0.2) is 4.99 Å². The van der Waals surface area contributed by atoms with Gasteiger partial charge < -0.3 is 5.32 Å². The third-order valence-electron chi connectivity index (χ3n) is 5.51. The summed E-state index contributed by atoms with van der Waals surface area (Å²) in [6.07, 6.45) is 0.939. The van der Waals surface area contributed by atoms with Gasteiger partial charge >= 0.3 is 0 Å². The lowest BCUT2D eigenvalue weighted by atomic mass is 9.95. The molecule has 4 heteroatoms. The van der Waals surface area contributed by atoms with Crippen LogP contribution in [-0.2, 0) is 17.8 Å². The molecule has 2 heterocycles. The van der Waals surface area contributed by atoms with E-state index in [1.54, 1.807) is 0 Å². The van der Waals surface area contributed by atoms with Crippen LogP contribution in [0, 0.1) is 0 Å². The van der Waals surface area contributed by atoms with Gasteiger partial charge in [0, 0.05) is 13.1 Å². The second-order valence-electron chi connectivity index (χ2n) is 7.26. The van der Waals surface area contributed by atoms with E-state index in [-0.39, 0.29) is 5.91 Å². The van der Waals surface area contributed by atoms with E-state index in [9.17, 15) is 4.79 Å². The van der Waals surface area contributed by atoms with Crippen LogP contribution in [0.15, 0.2) is 83.9 Å². The summed E-state index contributed by atoms with van der Waals surface area (Å²) in [5.74, 6) is -0.0214. The summed E-state index contributed by atoms with van der Waals surface area (Å²) >= 11 is 0. The van der Waals surface area contributed by atoms with Gasteiger partial charge in [-0.05, 0) is 35.2 Å². The predicted octanol–water partition coefficient (Wildman–Crippen LogP) is 4.19. The van der Waals surface area contributed by atoms with Crippen molar-refractivity contribution >= 4 is 23.0 Å². The summed E-state index contributed by atoms with van der Waals surface area (Å²) in [7, 11) is 0. The first-order valence-electron chi connectivity index (χ1n) is 9.64. The average molecular weight is 367 g/mol. The molecule has 3 aromatic rings. The summed E-state index contributed by atoms with van der Waals surface area (Å²) in [4.78, 5) is 20.5. The largest absolute Gasteiger partial charge is 0.322 e. The van der Waals surface area contributed by atoms with Gasteiger partial charge in [0.05, 0.1) is 17.1 Å². The van der Waals surface area contributed by atoms with Crippen LogP contribution in [0.2, 0.25) is 0 Å². The van der Waals surface area contributed by atoms with E-state index >= 15 is 0 Å². The van der Waals surface area contributed by atoms with E-state index in [1.165, 1.54) is 11.1 Å². The number of anilines is 1. The van der Waals surface area contributed by atoms with E-state index in [4.69, 9.17) is 4.99 Å². The van der Waals surface area contributed by atoms with Crippen LogP contribution in [-0.4, -0.2) is 29.1 Å². The first-order chi connectivity index (χ1) is 13.8. The molecule has 138 valence electrons. The maximum absolute atomic E-state index is 13.3. The van der Waals surface area contributed by atoms with Crippen molar-refractivity contribution in [3.05, 3.63) is 95.6 Å². The van der Waals surface area contributed by atoms with Gasteiger partial charge in [-0.3, -0.25) is 9.69 Å². The molecule has 2 aliphatic heterocycles. The first kappa shape index (κ1) is 16.9. The third-order valence-corrected chi connectivity index (χ3v) is 5.51. The maximum Gasteiger partial charge on any atom is 0.248 e. The number of hydrogen-bond acceptors (Lipinski definition) is 3. The molecule has 3 aromatic carbocycles. The highest BCUT2D eigenvalue weighted by atomic mass is 16.2. The molecule has 0 unspecified atom stereocenters. The molecule has 2 aliphatic rings. The fourth-order valence-corrected chi connectivity index (χ4v) is 4.10. The quantitative estimate of drug-likeness (QED) is 0.738. The minimum absolute atomic E-state index is 0.0214. The normalized spacial score (nSPS) is 19.1. The van der Waals surface area contributed by atoms with Gasteiger partial charge in [0.2, 0.25) is 5.91 Å². The third kappa shape index (κ3) is 3.02. The van der Waals surface area contributed by atoms with Crippen molar-refractivity contribution in [1.82, 2.24) is 4.90 Å². The Bertz CT molecular complexity index is 1060. The summed E-state index contributed by atoms with van der Waals surface area (Å²) in [5, 5.41) is 3.10. The Hall–Kier alpha value is -3.24. The van der Waals surface area contributed by atoms with Crippen molar-refractivity contribution in [3.8, 4) is 0 Å². The van der Waals surface area contributed by atoms with Crippen LogP contribution >= 0.6 is 0 Å². The number of amides is 1. The molecule has 0 fully saturated rings. The lowest BCUT2D eigenvalue weighted by Crippen LogP contribution is -2.50. The fraction of sp³-hybridized carbons (Fsp3) is 0.167. The van der Waals surface area contributed by atoms with Crippen molar-refractivity contribution < 1.29 is 4.79 Å². The summed E-state index contributed by atoms with van der Waals surface area (Å²) in [5.41, 5.74) is 6.01. The molecule has 0 aliphatic carbocycles. The van der Waals surface area contributed by atoms with E-state index in [1.807, 2.05) is 54.6 Å². The Balaban J connectivity index is 1.60. The smallest absolute Gasteiger partial charge is 0.248 e.